The second-order valence-corrected chi connectivity index (χ2v) is 5.41. The van der Waals surface area contributed by atoms with Crippen LogP contribution in [0.15, 0.2) is 53.2 Å². The van der Waals surface area contributed by atoms with Crippen molar-refractivity contribution in [1.29, 1.82) is 0 Å². The summed E-state index contributed by atoms with van der Waals surface area (Å²) in [6.07, 6.45) is 1.44. The fourth-order valence-corrected chi connectivity index (χ4v) is 2.20. The quantitative estimate of drug-likeness (QED) is 0.679. The molecule has 1 aromatic carbocycles. The monoisotopic (exact) mass is 352 g/mol. The smallest absolute Gasteiger partial charge is 0.337 e. The average molecular weight is 352 g/mol. The van der Waals surface area contributed by atoms with Crippen molar-refractivity contribution < 1.29 is 18.8 Å². The number of hydrogen-bond acceptors (Lipinski definition) is 7. The van der Waals surface area contributed by atoms with E-state index in [2.05, 4.69) is 25.5 Å². The number of methoxy groups -OCH3 is 1. The summed E-state index contributed by atoms with van der Waals surface area (Å²) in [5.74, 6) is 0.927. The molecule has 3 aromatic rings. The number of hydrogen-bond donors (Lipinski definition) is 2. The molecule has 0 atom stereocenters. The summed E-state index contributed by atoms with van der Waals surface area (Å²) in [6.45, 7) is 1.79. The number of benzene rings is 1. The summed E-state index contributed by atoms with van der Waals surface area (Å²) in [6, 6.07) is 11.5. The van der Waals surface area contributed by atoms with Gasteiger partial charge in [0, 0.05) is 18.0 Å². The van der Waals surface area contributed by atoms with E-state index in [9.17, 15) is 9.59 Å². The van der Waals surface area contributed by atoms with E-state index in [1.165, 1.54) is 13.3 Å². The van der Waals surface area contributed by atoms with Crippen LogP contribution >= 0.6 is 0 Å². The summed E-state index contributed by atoms with van der Waals surface area (Å²) in [7, 11) is 1.30. The molecule has 132 valence electrons. The Labute approximate surface area is 149 Å². The van der Waals surface area contributed by atoms with Crippen LogP contribution in [-0.2, 0) is 4.74 Å². The highest BCUT2D eigenvalue weighted by atomic mass is 16.5. The lowest BCUT2D eigenvalue weighted by Crippen LogP contribution is -2.13. The van der Waals surface area contributed by atoms with Gasteiger partial charge in [0.15, 0.2) is 5.82 Å². The second-order valence-electron chi connectivity index (χ2n) is 5.41. The van der Waals surface area contributed by atoms with E-state index in [-0.39, 0.29) is 5.91 Å². The normalized spacial score (nSPS) is 10.2. The summed E-state index contributed by atoms with van der Waals surface area (Å²) in [5, 5.41) is 9.49. The van der Waals surface area contributed by atoms with E-state index in [1.54, 1.807) is 49.4 Å². The first-order valence-corrected chi connectivity index (χ1v) is 7.71. The number of nitrogens with zero attached hydrogens (tertiary/aromatic N) is 2. The molecule has 0 radical (unpaired) electrons. The predicted octanol–water partition coefficient (Wildman–Crippen LogP) is 3.16. The highest BCUT2D eigenvalue weighted by molar-refractivity contribution is 6.04. The Morgan fingerprint density at radius 3 is 2.58 bits per heavy atom. The Hall–Kier alpha value is -3.68. The predicted molar refractivity (Wildman–Crippen MR) is 94.5 cm³/mol. The molecular formula is C18H16N4O4. The van der Waals surface area contributed by atoms with Gasteiger partial charge in [-0.3, -0.25) is 4.79 Å². The van der Waals surface area contributed by atoms with Crippen LogP contribution in [0.25, 0.3) is 0 Å². The summed E-state index contributed by atoms with van der Waals surface area (Å²) >= 11 is 0. The molecule has 0 fully saturated rings. The Morgan fingerprint density at radius 1 is 1.08 bits per heavy atom. The van der Waals surface area contributed by atoms with Crippen molar-refractivity contribution in [2.75, 3.05) is 17.7 Å². The Bertz CT molecular complexity index is 934. The number of anilines is 3. The van der Waals surface area contributed by atoms with Crippen molar-refractivity contribution in [1.82, 2.24) is 10.1 Å². The van der Waals surface area contributed by atoms with E-state index < -0.39 is 5.97 Å². The number of pyridine rings is 1. The molecule has 0 saturated carbocycles. The molecule has 8 heteroatoms. The first kappa shape index (κ1) is 17.2. The van der Waals surface area contributed by atoms with Gasteiger partial charge in [-0.1, -0.05) is 11.2 Å². The van der Waals surface area contributed by atoms with Gasteiger partial charge in [-0.15, -0.1) is 0 Å². The summed E-state index contributed by atoms with van der Waals surface area (Å²) in [5.41, 5.74) is 1.21. The van der Waals surface area contributed by atoms with Gasteiger partial charge in [0.05, 0.1) is 18.2 Å². The molecule has 2 N–H and O–H groups in total. The van der Waals surface area contributed by atoms with Crippen LogP contribution in [-0.4, -0.2) is 29.1 Å². The van der Waals surface area contributed by atoms with Crippen LogP contribution in [0.1, 0.15) is 26.5 Å². The van der Waals surface area contributed by atoms with Gasteiger partial charge < -0.3 is 19.9 Å². The van der Waals surface area contributed by atoms with Crippen LogP contribution in [0, 0.1) is 6.92 Å². The highest BCUT2D eigenvalue weighted by Crippen LogP contribution is 2.16. The third-order valence-electron chi connectivity index (χ3n) is 3.45. The molecule has 1 amide bonds. The van der Waals surface area contributed by atoms with Crippen molar-refractivity contribution in [3.63, 3.8) is 0 Å². The lowest BCUT2D eigenvalue weighted by Gasteiger charge is -2.07. The zero-order valence-corrected chi connectivity index (χ0v) is 14.1. The number of nitrogens with one attached hydrogen (secondary N) is 2. The molecule has 2 aromatic heterocycles. The number of amides is 1. The number of rotatable bonds is 5. The van der Waals surface area contributed by atoms with Gasteiger partial charge in [0.25, 0.3) is 5.91 Å². The number of aryl methyl sites for hydroxylation is 1. The number of ether oxygens (including phenoxy) is 1. The molecule has 0 aliphatic rings. The fraction of sp³-hybridized carbons (Fsp3) is 0.111. The van der Waals surface area contributed by atoms with Crippen LogP contribution in [0.3, 0.4) is 0 Å². The topological polar surface area (TPSA) is 106 Å². The first-order valence-electron chi connectivity index (χ1n) is 7.71. The molecule has 0 saturated heterocycles. The van der Waals surface area contributed by atoms with Crippen LogP contribution in [0.4, 0.5) is 17.3 Å². The fourth-order valence-electron chi connectivity index (χ4n) is 2.20. The van der Waals surface area contributed by atoms with Crippen molar-refractivity contribution in [3.8, 4) is 0 Å². The molecular weight excluding hydrogens is 336 g/mol. The van der Waals surface area contributed by atoms with Crippen molar-refractivity contribution in [2.45, 2.75) is 6.92 Å². The summed E-state index contributed by atoms with van der Waals surface area (Å²) in [4.78, 5) is 28.0. The largest absolute Gasteiger partial charge is 0.465 e. The number of aromatic nitrogens is 2. The molecule has 3 rings (SSSR count). The Balaban J connectivity index is 1.67. The van der Waals surface area contributed by atoms with Gasteiger partial charge in [0.1, 0.15) is 11.6 Å². The van der Waals surface area contributed by atoms with E-state index in [0.717, 1.165) is 0 Å². The SMILES string of the molecule is COC(=O)c1cccc(NC(=O)c2ccc(Nc3cc(C)on3)nc2)c1. The number of carbonyl (C=O) groups is 2. The Kier molecular flexibility index (Phi) is 4.93. The van der Waals surface area contributed by atoms with Crippen molar-refractivity contribution in [3.05, 3.63) is 65.5 Å². The maximum absolute atomic E-state index is 12.3. The minimum absolute atomic E-state index is 0.344. The Morgan fingerprint density at radius 2 is 1.92 bits per heavy atom. The van der Waals surface area contributed by atoms with Crippen molar-refractivity contribution in [2.24, 2.45) is 0 Å². The van der Waals surface area contributed by atoms with Gasteiger partial charge in [-0.2, -0.15) is 0 Å². The summed E-state index contributed by atoms with van der Waals surface area (Å²) < 4.78 is 9.63. The molecule has 0 aliphatic heterocycles. The molecule has 0 bridgehead atoms. The molecule has 0 spiro atoms. The lowest BCUT2D eigenvalue weighted by atomic mass is 10.2. The average Bonchev–Trinajstić information content (AvgIpc) is 3.06. The third-order valence-corrected chi connectivity index (χ3v) is 3.45. The van der Waals surface area contributed by atoms with E-state index in [1.807, 2.05) is 0 Å². The zero-order chi connectivity index (χ0) is 18.5. The van der Waals surface area contributed by atoms with E-state index in [4.69, 9.17) is 4.52 Å². The van der Waals surface area contributed by atoms with Crippen LogP contribution in [0.2, 0.25) is 0 Å². The number of carbonyl (C=O) groups excluding carboxylic acids is 2. The minimum Gasteiger partial charge on any atom is -0.465 e. The molecule has 0 aliphatic carbocycles. The van der Waals surface area contributed by atoms with Gasteiger partial charge in [-0.05, 0) is 37.3 Å². The van der Waals surface area contributed by atoms with Gasteiger partial charge >= 0.3 is 5.97 Å². The first-order chi connectivity index (χ1) is 12.5. The molecule has 0 unspecified atom stereocenters. The maximum Gasteiger partial charge on any atom is 0.337 e. The van der Waals surface area contributed by atoms with Crippen LogP contribution < -0.4 is 10.6 Å². The third kappa shape index (κ3) is 4.04. The molecule has 26 heavy (non-hydrogen) atoms. The molecule has 2 heterocycles. The zero-order valence-electron chi connectivity index (χ0n) is 14.1. The maximum atomic E-state index is 12.3. The minimum atomic E-state index is -0.471. The van der Waals surface area contributed by atoms with Gasteiger partial charge in [-0.25, -0.2) is 9.78 Å². The van der Waals surface area contributed by atoms with Crippen LogP contribution in [0.5, 0.6) is 0 Å². The lowest BCUT2D eigenvalue weighted by molar-refractivity contribution is 0.0600. The second kappa shape index (κ2) is 7.47. The standard InChI is InChI=1S/C18H16N4O4/c1-11-8-16(22-26-11)21-15-7-6-13(10-19-15)17(23)20-14-5-3-4-12(9-14)18(24)25-2/h3-10H,1-2H3,(H,20,23)(H,19,21,22). The van der Waals surface area contributed by atoms with Gasteiger partial charge in [0.2, 0.25) is 0 Å². The van der Waals surface area contributed by atoms with E-state index in [0.29, 0.717) is 34.2 Å². The van der Waals surface area contributed by atoms with Crippen molar-refractivity contribution >= 4 is 29.2 Å². The number of esters is 1. The van der Waals surface area contributed by atoms with E-state index >= 15 is 0 Å². The highest BCUT2D eigenvalue weighted by Gasteiger charge is 2.10. The molecule has 8 nitrogen and oxygen atoms in total.